The number of hydrogen-bond donors (Lipinski definition) is 0. The van der Waals surface area contributed by atoms with E-state index in [4.69, 9.17) is 14.2 Å². The number of rotatable bonds is 9. The molecule has 2 aromatic heterocycles. The van der Waals surface area contributed by atoms with Crippen molar-refractivity contribution >= 4 is 23.5 Å². The summed E-state index contributed by atoms with van der Waals surface area (Å²) >= 11 is 1.14. The number of hydrogen-bond acceptors (Lipinski definition) is 8. The van der Waals surface area contributed by atoms with Gasteiger partial charge in [0.15, 0.2) is 11.5 Å². The van der Waals surface area contributed by atoms with E-state index in [1.807, 2.05) is 13.8 Å². The van der Waals surface area contributed by atoms with Crippen LogP contribution in [0.4, 0.5) is 0 Å². The van der Waals surface area contributed by atoms with E-state index in [0.29, 0.717) is 10.9 Å². The SMILES string of the molecule is CCCCc1c(C)nc2nc(S[C@@H](C(=O)OC)C(OC)OC)nn2c1C. The van der Waals surface area contributed by atoms with E-state index in [1.165, 1.54) is 26.9 Å². The van der Waals surface area contributed by atoms with E-state index < -0.39 is 17.5 Å². The van der Waals surface area contributed by atoms with Gasteiger partial charge in [0.05, 0.1) is 7.11 Å². The highest BCUT2D eigenvalue weighted by atomic mass is 32.2. The minimum atomic E-state index is -0.769. The van der Waals surface area contributed by atoms with Crippen molar-refractivity contribution in [2.24, 2.45) is 0 Å². The van der Waals surface area contributed by atoms with Crippen molar-refractivity contribution < 1.29 is 19.0 Å². The van der Waals surface area contributed by atoms with Crippen LogP contribution in [0.15, 0.2) is 5.16 Å². The van der Waals surface area contributed by atoms with Crippen molar-refractivity contribution in [2.75, 3.05) is 21.3 Å². The quantitative estimate of drug-likeness (QED) is 0.371. The first kappa shape index (κ1) is 20.6. The zero-order chi connectivity index (χ0) is 19.3. The highest BCUT2D eigenvalue weighted by Gasteiger charge is 2.32. The van der Waals surface area contributed by atoms with Crippen molar-refractivity contribution in [2.45, 2.75) is 56.7 Å². The first-order valence-electron chi connectivity index (χ1n) is 8.49. The maximum absolute atomic E-state index is 12.1. The molecule has 2 heterocycles. The molecule has 0 spiro atoms. The summed E-state index contributed by atoms with van der Waals surface area (Å²) in [5.74, 6) is 0.0461. The number of methoxy groups -OCH3 is 3. The zero-order valence-electron chi connectivity index (χ0n) is 16.1. The lowest BCUT2D eigenvalue weighted by Crippen LogP contribution is -2.35. The molecule has 26 heavy (non-hydrogen) atoms. The monoisotopic (exact) mass is 382 g/mol. The molecule has 0 aromatic carbocycles. The second kappa shape index (κ2) is 9.29. The fraction of sp³-hybridized carbons (Fsp3) is 0.647. The number of fused-ring (bicyclic) bond motifs is 1. The number of aryl methyl sites for hydroxylation is 2. The van der Waals surface area contributed by atoms with E-state index in [1.54, 1.807) is 4.52 Å². The Morgan fingerprint density at radius 1 is 1.19 bits per heavy atom. The van der Waals surface area contributed by atoms with Gasteiger partial charge >= 0.3 is 5.97 Å². The Morgan fingerprint density at radius 3 is 2.46 bits per heavy atom. The molecule has 0 amide bonds. The lowest BCUT2D eigenvalue weighted by Gasteiger charge is -2.20. The molecule has 144 valence electrons. The Labute approximate surface area is 157 Å². The second-order valence-electron chi connectivity index (χ2n) is 5.87. The van der Waals surface area contributed by atoms with Crippen molar-refractivity contribution in [1.82, 2.24) is 19.6 Å². The first-order chi connectivity index (χ1) is 12.5. The molecule has 2 aromatic rings. The summed E-state index contributed by atoms with van der Waals surface area (Å²) < 4.78 is 17.0. The molecule has 0 bridgehead atoms. The number of unbranched alkanes of at least 4 members (excludes halogenated alkanes) is 1. The molecule has 0 radical (unpaired) electrons. The summed E-state index contributed by atoms with van der Waals surface area (Å²) in [6.45, 7) is 6.17. The van der Waals surface area contributed by atoms with Crippen LogP contribution in [0.25, 0.3) is 5.78 Å². The Kier molecular flexibility index (Phi) is 7.36. The van der Waals surface area contributed by atoms with Crippen LogP contribution in [0, 0.1) is 13.8 Å². The number of ether oxygens (including phenoxy) is 3. The summed E-state index contributed by atoms with van der Waals surface area (Å²) in [4.78, 5) is 21.1. The average Bonchev–Trinajstić information content (AvgIpc) is 3.03. The van der Waals surface area contributed by atoms with Gasteiger partial charge < -0.3 is 14.2 Å². The van der Waals surface area contributed by atoms with E-state index in [-0.39, 0.29) is 0 Å². The molecule has 0 aliphatic carbocycles. The van der Waals surface area contributed by atoms with Crippen molar-refractivity contribution in [3.63, 3.8) is 0 Å². The Bertz CT molecular complexity index is 761. The van der Waals surface area contributed by atoms with Crippen LogP contribution < -0.4 is 0 Å². The Hall–Kier alpha value is -1.71. The van der Waals surface area contributed by atoms with E-state index in [2.05, 4.69) is 22.0 Å². The summed E-state index contributed by atoms with van der Waals surface area (Å²) in [5.41, 5.74) is 3.17. The largest absolute Gasteiger partial charge is 0.468 e. The summed E-state index contributed by atoms with van der Waals surface area (Å²) in [5, 5.41) is 4.19. The third-order valence-corrected chi connectivity index (χ3v) is 5.24. The van der Waals surface area contributed by atoms with Gasteiger partial charge in [0.2, 0.25) is 5.16 Å². The molecule has 0 aliphatic heterocycles. The highest BCUT2D eigenvalue weighted by Crippen LogP contribution is 2.26. The third kappa shape index (κ3) is 4.33. The van der Waals surface area contributed by atoms with Crippen molar-refractivity contribution in [3.05, 3.63) is 17.0 Å². The van der Waals surface area contributed by atoms with Gasteiger partial charge in [-0.2, -0.15) is 4.98 Å². The fourth-order valence-electron chi connectivity index (χ4n) is 2.74. The molecular weight excluding hydrogens is 356 g/mol. The van der Waals surface area contributed by atoms with Crippen LogP contribution in [-0.4, -0.2) is 58.4 Å². The van der Waals surface area contributed by atoms with Gasteiger partial charge in [-0.1, -0.05) is 25.1 Å². The fourth-order valence-corrected chi connectivity index (χ4v) is 3.76. The van der Waals surface area contributed by atoms with Crippen LogP contribution in [0.3, 0.4) is 0 Å². The molecule has 2 rings (SSSR count). The summed E-state index contributed by atoms with van der Waals surface area (Å²) in [7, 11) is 4.26. The number of thioether (sulfide) groups is 1. The maximum atomic E-state index is 12.1. The predicted octanol–water partition coefficient (Wildman–Crippen LogP) is 2.34. The smallest absolute Gasteiger partial charge is 0.324 e. The van der Waals surface area contributed by atoms with Crippen LogP contribution >= 0.6 is 11.8 Å². The zero-order valence-corrected chi connectivity index (χ0v) is 16.9. The number of esters is 1. The minimum Gasteiger partial charge on any atom is -0.468 e. The van der Waals surface area contributed by atoms with Gasteiger partial charge in [0.25, 0.3) is 5.78 Å². The third-order valence-electron chi connectivity index (χ3n) is 4.19. The van der Waals surface area contributed by atoms with Crippen LogP contribution in [-0.2, 0) is 25.4 Å². The Morgan fingerprint density at radius 2 is 1.88 bits per heavy atom. The molecule has 9 heteroatoms. The number of carbonyl (C=O) groups is 1. The topological polar surface area (TPSA) is 87.8 Å². The van der Waals surface area contributed by atoms with E-state index in [9.17, 15) is 4.79 Å². The number of carbonyl (C=O) groups excluding carboxylic acids is 1. The lowest BCUT2D eigenvalue weighted by molar-refractivity contribution is -0.154. The van der Waals surface area contributed by atoms with Crippen LogP contribution in [0.5, 0.6) is 0 Å². The number of nitrogens with zero attached hydrogens (tertiary/aromatic N) is 4. The molecule has 0 aliphatic rings. The highest BCUT2D eigenvalue weighted by molar-refractivity contribution is 8.00. The maximum Gasteiger partial charge on any atom is 0.324 e. The molecule has 0 saturated heterocycles. The van der Waals surface area contributed by atoms with Crippen LogP contribution in [0.2, 0.25) is 0 Å². The molecular formula is C17H26N4O4S. The predicted molar refractivity (Wildman–Crippen MR) is 98.3 cm³/mol. The van der Waals surface area contributed by atoms with E-state index >= 15 is 0 Å². The molecule has 0 unspecified atom stereocenters. The van der Waals surface area contributed by atoms with Gasteiger partial charge in [-0.15, -0.1) is 5.10 Å². The van der Waals surface area contributed by atoms with Crippen LogP contribution in [0.1, 0.15) is 36.7 Å². The first-order valence-corrected chi connectivity index (χ1v) is 9.37. The van der Waals surface area contributed by atoms with Gasteiger partial charge in [-0.3, -0.25) is 4.79 Å². The average molecular weight is 382 g/mol. The summed E-state index contributed by atoms with van der Waals surface area (Å²) in [6, 6.07) is 0. The standard InChI is InChI=1S/C17H26N4O4S/c1-7-8-9-12-10(2)18-16-19-17(20-21(16)11(12)3)26-13(14(22)23-4)15(24-5)25-6/h13,15H,7-9H2,1-6H3/t13-/m0/s1. The normalized spacial score (nSPS) is 12.7. The lowest BCUT2D eigenvalue weighted by atomic mass is 10.1. The molecule has 8 nitrogen and oxygen atoms in total. The van der Waals surface area contributed by atoms with Gasteiger partial charge in [-0.05, 0) is 32.3 Å². The van der Waals surface area contributed by atoms with Gasteiger partial charge in [-0.25, -0.2) is 9.50 Å². The van der Waals surface area contributed by atoms with Gasteiger partial charge in [0.1, 0.15) is 0 Å². The number of aromatic nitrogens is 4. The minimum absolute atomic E-state index is 0.419. The van der Waals surface area contributed by atoms with E-state index in [0.717, 1.165) is 42.4 Å². The molecule has 1 atom stereocenters. The second-order valence-corrected chi connectivity index (χ2v) is 6.98. The Balaban J connectivity index is 2.37. The van der Waals surface area contributed by atoms with Crippen molar-refractivity contribution in [3.8, 4) is 0 Å². The molecule has 0 fully saturated rings. The summed E-state index contributed by atoms with van der Waals surface area (Å²) in [6.07, 6.45) is 2.40. The van der Waals surface area contributed by atoms with Crippen molar-refractivity contribution in [1.29, 1.82) is 0 Å². The molecule has 0 N–H and O–H groups in total. The molecule has 0 saturated carbocycles. The van der Waals surface area contributed by atoms with Gasteiger partial charge in [0, 0.05) is 25.6 Å².